The molecular formula is C15H11N7O. The number of fused-ring (bicyclic) bond motifs is 1. The number of imidazole rings is 1. The summed E-state index contributed by atoms with van der Waals surface area (Å²) in [7, 11) is 0. The minimum absolute atomic E-state index is 0.249. The summed E-state index contributed by atoms with van der Waals surface area (Å²) in [5, 5.41) is 3.05. The Morgan fingerprint density at radius 2 is 1.87 bits per heavy atom. The van der Waals surface area contributed by atoms with Gasteiger partial charge in [-0.25, -0.2) is 19.3 Å². The summed E-state index contributed by atoms with van der Waals surface area (Å²) in [5.74, 6) is 0.595. The van der Waals surface area contributed by atoms with Crippen LogP contribution in [0.15, 0.2) is 59.9 Å². The van der Waals surface area contributed by atoms with Gasteiger partial charge in [0, 0.05) is 18.1 Å². The van der Waals surface area contributed by atoms with Crippen LogP contribution in [-0.4, -0.2) is 29.5 Å². The number of para-hydroxylation sites is 2. The van der Waals surface area contributed by atoms with Crippen molar-refractivity contribution in [2.24, 2.45) is 0 Å². The number of benzene rings is 1. The van der Waals surface area contributed by atoms with Crippen molar-refractivity contribution in [1.82, 2.24) is 29.5 Å². The van der Waals surface area contributed by atoms with E-state index in [-0.39, 0.29) is 11.6 Å². The van der Waals surface area contributed by atoms with Crippen molar-refractivity contribution < 1.29 is 0 Å². The van der Waals surface area contributed by atoms with Gasteiger partial charge >= 0.3 is 5.69 Å². The molecule has 0 bridgehead atoms. The Balaban J connectivity index is 1.79. The molecule has 0 unspecified atom stereocenters. The van der Waals surface area contributed by atoms with E-state index >= 15 is 0 Å². The second-order valence-corrected chi connectivity index (χ2v) is 4.75. The van der Waals surface area contributed by atoms with Gasteiger partial charge in [0.25, 0.3) is 0 Å². The Morgan fingerprint density at radius 1 is 1.04 bits per heavy atom. The van der Waals surface area contributed by atoms with Gasteiger partial charge in [-0.1, -0.05) is 12.1 Å². The van der Waals surface area contributed by atoms with Crippen LogP contribution < -0.4 is 11.0 Å². The fourth-order valence-electron chi connectivity index (χ4n) is 2.27. The van der Waals surface area contributed by atoms with Gasteiger partial charge in [0.1, 0.15) is 6.33 Å². The van der Waals surface area contributed by atoms with Gasteiger partial charge in [0.2, 0.25) is 11.9 Å². The average molecular weight is 305 g/mol. The standard InChI is InChI=1S/C15H11N7O/c23-15-20-11-3-1-2-4-12(11)22(15)14-18-9-17-13(21-14)19-10-5-7-16-8-6-10/h1-9H,(H,20,23)(H,16,17,18,19,21). The molecule has 0 amide bonds. The number of hydrogen-bond donors (Lipinski definition) is 2. The molecule has 112 valence electrons. The largest absolute Gasteiger partial charge is 0.333 e. The summed E-state index contributed by atoms with van der Waals surface area (Å²) in [6.07, 6.45) is 4.68. The molecule has 0 atom stereocenters. The smallest absolute Gasteiger partial charge is 0.324 e. The zero-order valence-electron chi connectivity index (χ0n) is 11.8. The van der Waals surface area contributed by atoms with Crippen LogP contribution in [-0.2, 0) is 0 Å². The van der Waals surface area contributed by atoms with Crippen LogP contribution in [0, 0.1) is 0 Å². The SMILES string of the molecule is O=c1[nH]c2ccccc2n1-c1ncnc(Nc2ccncc2)n1. The Morgan fingerprint density at radius 3 is 2.74 bits per heavy atom. The van der Waals surface area contributed by atoms with Crippen LogP contribution in [0.4, 0.5) is 11.6 Å². The molecule has 0 aliphatic carbocycles. The molecule has 0 radical (unpaired) electrons. The molecule has 0 fully saturated rings. The van der Waals surface area contributed by atoms with E-state index in [1.807, 2.05) is 24.3 Å². The second kappa shape index (κ2) is 5.34. The third-order valence-electron chi connectivity index (χ3n) is 3.29. The number of nitrogens with one attached hydrogen (secondary N) is 2. The van der Waals surface area contributed by atoms with Gasteiger partial charge in [-0.15, -0.1) is 0 Å². The van der Waals surface area contributed by atoms with Gasteiger partial charge in [-0.2, -0.15) is 4.98 Å². The maximum absolute atomic E-state index is 12.2. The quantitative estimate of drug-likeness (QED) is 0.596. The molecule has 3 aromatic heterocycles. The Hall–Kier alpha value is -3.55. The first-order valence-corrected chi connectivity index (χ1v) is 6.87. The van der Waals surface area contributed by atoms with E-state index in [0.29, 0.717) is 11.5 Å². The predicted octanol–water partition coefficient (Wildman–Crippen LogP) is 1.64. The lowest BCUT2D eigenvalue weighted by atomic mass is 10.3. The lowest BCUT2D eigenvalue weighted by molar-refractivity contribution is 0.886. The maximum Gasteiger partial charge on any atom is 0.333 e. The minimum atomic E-state index is -0.299. The summed E-state index contributed by atoms with van der Waals surface area (Å²) in [4.78, 5) is 31.4. The molecule has 2 N–H and O–H groups in total. The highest BCUT2D eigenvalue weighted by Gasteiger charge is 2.11. The van der Waals surface area contributed by atoms with E-state index in [2.05, 4.69) is 30.2 Å². The molecule has 0 spiro atoms. The lowest BCUT2D eigenvalue weighted by Crippen LogP contribution is -2.18. The number of aromatic nitrogens is 6. The summed E-state index contributed by atoms with van der Waals surface area (Å²) in [5.41, 5.74) is 1.93. The van der Waals surface area contributed by atoms with Crippen molar-refractivity contribution in [3.05, 3.63) is 65.6 Å². The monoisotopic (exact) mass is 305 g/mol. The van der Waals surface area contributed by atoms with E-state index in [9.17, 15) is 4.79 Å². The van der Waals surface area contributed by atoms with E-state index < -0.39 is 0 Å². The molecule has 4 rings (SSSR count). The van der Waals surface area contributed by atoms with Crippen molar-refractivity contribution in [2.45, 2.75) is 0 Å². The number of pyridine rings is 1. The number of hydrogen-bond acceptors (Lipinski definition) is 6. The van der Waals surface area contributed by atoms with Gasteiger partial charge in [0.15, 0.2) is 0 Å². The summed E-state index contributed by atoms with van der Waals surface area (Å²) in [6, 6.07) is 10.9. The predicted molar refractivity (Wildman–Crippen MR) is 84.8 cm³/mol. The van der Waals surface area contributed by atoms with E-state index in [4.69, 9.17) is 0 Å². The van der Waals surface area contributed by atoms with Crippen LogP contribution in [0.3, 0.4) is 0 Å². The topological polar surface area (TPSA) is 101 Å². The molecule has 8 heteroatoms. The highest BCUT2D eigenvalue weighted by molar-refractivity contribution is 5.76. The van der Waals surface area contributed by atoms with Gasteiger partial charge in [-0.05, 0) is 24.3 Å². The Labute approximate surface area is 129 Å². The lowest BCUT2D eigenvalue weighted by Gasteiger charge is -2.05. The van der Waals surface area contributed by atoms with Crippen LogP contribution in [0.1, 0.15) is 0 Å². The summed E-state index contributed by atoms with van der Waals surface area (Å²) >= 11 is 0. The zero-order chi connectivity index (χ0) is 15.6. The first-order valence-electron chi connectivity index (χ1n) is 6.87. The molecule has 0 saturated carbocycles. The first-order chi connectivity index (χ1) is 11.3. The van der Waals surface area contributed by atoms with Crippen LogP contribution in [0.2, 0.25) is 0 Å². The summed E-state index contributed by atoms with van der Waals surface area (Å²) in [6.45, 7) is 0. The normalized spacial score (nSPS) is 10.8. The number of anilines is 2. The van der Waals surface area contributed by atoms with Crippen molar-refractivity contribution in [1.29, 1.82) is 0 Å². The van der Waals surface area contributed by atoms with Crippen molar-refractivity contribution >= 4 is 22.7 Å². The van der Waals surface area contributed by atoms with Crippen molar-refractivity contribution in [3.8, 4) is 5.95 Å². The minimum Gasteiger partial charge on any atom is -0.324 e. The number of aromatic amines is 1. The van der Waals surface area contributed by atoms with Gasteiger partial charge in [0.05, 0.1) is 11.0 Å². The van der Waals surface area contributed by atoms with Gasteiger partial charge in [-0.3, -0.25) is 4.98 Å². The third-order valence-corrected chi connectivity index (χ3v) is 3.29. The van der Waals surface area contributed by atoms with Crippen LogP contribution >= 0.6 is 0 Å². The first kappa shape index (κ1) is 13.1. The molecule has 8 nitrogen and oxygen atoms in total. The maximum atomic E-state index is 12.2. The second-order valence-electron chi connectivity index (χ2n) is 4.75. The zero-order valence-corrected chi connectivity index (χ0v) is 11.8. The molecule has 0 saturated heterocycles. The van der Waals surface area contributed by atoms with Crippen LogP contribution in [0.5, 0.6) is 0 Å². The van der Waals surface area contributed by atoms with Crippen molar-refractivity contribution in [2.75, 3.05) is 5.32 Å². The highest BCUT2D eigenvalue weighted by Crippen LogP contribution is 2.14. The molecular weight excluding hydrogens is 294 g/mol. The molecule has 0 aliphatic heterocycles. The fraction of sp³-hybridized carbons (Fsp3) is 0. The Kier molecular flexibility index (Phi) is 3.05. The number of nitrogens with zero attached hydrogens (tertiary/aromatic N) is 5. The van der Waals surface area contributed by atoms with Crippen molar-refractivity contribution in [3.63, 3.8) is 0 Å². The third kappa shape index (κ3) is 2.42. The molecule has 1 aromatic carbocycles. The molecule has 4 aromatic rings. The number of rotatable bonds is 3. The molecule has 0 aliphatic rings. The average Bonchev–Trinajstić information content (AvgIpc) is 2.92. The van der Waals surface area contributed by atoms with Gasteiger partial charge < -0.3 is 10.3 Å². The molecule has 23 heavy (non-hydrogen) atoms. The van der Waals surface area contributed by atoms with Crippen LogP contribution in [0.25, 0.3) is 17.0 Å². The Bertz CT molecular complexity index is 1020. The fourth-order valence-corrected chi connectivity index (χ4v) is 2.27. The highest BCUT2D eigenvalue weighted by atomic mass is 16.1. The number of H-pyrrole nitrogens is 1. The van der Waals surface area contributed by atoms with E-state index in [1.165, 1.54) is 10.9 Å². The molecule has 3 heterocycles. The van der Waals surface area contributed by atoms with E-state index in [1.54, 1.807) is 24.5 Å². The van der Waals surface area contributed by atoms with E-state index in [0.717, 1.165) is 11.2 Å². The summed E-state index contributed by atoms with van der Waals surface area (Å²) < 4.78 is 1.41.